The molecule has 0 saturated carbocycles. The maximum atomic E-state index is 11.8. The molecule has 3 atom stereocenters. The van der Waals surface area contributed by atoms with Crippen molar-refractivity contribution in [1.82, 2.24) is 29.4 Å². The number of amides is 6. The third-order valence-corrected chi connectivity index (χ3v) is 20.3. The number of nitrogens with zero attached hydrogens (tertiary/aromatic N) is 6. The van der Waals surface area contributed by atoms with Crippen molar-refractivity contribution in [2.75, 3.05) is 99.3 Å². The van der Waals surface area contributed by atoms with Gasteiger partial charge >= 0.3 is 12.2 Å². The molecule has 0 aromatic carbocycles. The van der Waals surface area contributed by atoms with Gasteiger partial charge in [-0.2, -0.15) is 0 Å². The molecule has 6 amide bonds. The average Bonchev–Trinajstić information content (AvgIpc) is 0.830. The van der Waals surface area contributed by atoms with E-state index in [0.717, 1.165) is 147 Å². The van der Waals surface area contributed by atoms with Crippen LogP contribution in [0.15, 0.2) is 0 Å². The van der Waals surface area contributed by atoms with Gasteiger partial charge in [0.2, 0.25) is 23.6 Å². The predicted octanol–water partition coefficient (Wildman–Crippen LogP) is 10.4. The van der Waals surface area contributed by atoms with Crippen molar-refractivity contribution in [2.24, 2.45) is 70.5 Å². The van der Waals surface area contributed by atoms with Crippen LogP contribution in [0.5, 0.6) is 0 Å². The second-order valence-corrected chi connectivity index (χ2v) is 31.8. The fraction of sp³-hybridized carbons (Fsp3) is 0.914. The molecule has 6 rings (SSSR count). The van der Waals surface area contributed by atoms with Gasteiger partial charge < -0.3 is 56.0 Å². The van der Waals surface area contributed by atoms with Crippen molar-refractivity contribution in [3.63, 3.8) is 0 Å². The van der Waals surface area contributed by atoms with Crippen molar-refractivity contribution in [3.8, 4) is 0 Å². The summed E-state index contributed by atoms with van der Waals surface area (Å²) in [5.74, 6) is 4.84. The van der Waals surface area contributed by atoms with Gasteiger partial charge in [0.1, 0.15) is 11.2 Å². The van der Waals surface area contributed by atoms with E-state index in [9.17, 15) is 33.9 Å². The summed E-state index contributed by atoms with van der Waals surface area (Å²) in [4.78, 5) is 80.0. The molecule has 528 valence electrons. The van der Waals surface area contributed by atoms with Crippen LogP contribution < -0.4 is 17.2 Å². The lowest BCUT2D eigenvalue weighted by molar-refractivity contribution is -0.142. The Kier molecular flexibility index (Phi) is 34.4. The molecule has 0 aliphatic carbocycles. The number of rotatable bonds is 14. The van der Waals surface area contributed by atoms with Crippen LogP contribution in [0.2, 0.25) is 0 Å². The number of ether oxygens (including phenoxy) is 4. The van der Waals surface area contributed by atoms with E-state index in [4.69, 9.17) is 36.1 Å². The van der Waals surface area contributed by atoms with Crippen molar-refractivity contribution in [1.29, 1.82) is 0 Å². The van der Waals surface area contributed by atoms with Crippen molar-refractivity contribution < 1.29 is 52.8 Å². The molecule has 20 heteroatoms. The molecule has 6 heterocycles. The summed E-state index contributed by atoms with van der Waals surface area (Å²) >= 11 is 0. The summed E-state index contributed by atoms with van der Waals surface area (Å²) < 4.78 is 22.0. The topological polar surface area (TPSA) is 257 Å². The number of likely N-dealkylation sites (tertiary alicyclic amines) is 6. The van der Waals surface area contributed by atoms with Crippen LogP contribution in [0.1, 0.15) is 223 Å². The SMILES string of the molecule is CC(C)C1(O)CCCN(C(C)(C)C(N)=O)C1.CC(C)C1CCN(C(=O)OC(C)(C)C)CC1.CC(C)C1CCN(CC(N)=O)CC1.CC(C)C1CN(C(=O)OC(C)(C)C)C1.COC1(C(C)C)CCCN(C(C)(C)C(N)=O)C1.COC1(C(C)C)CCCN(C(C)=O)C1. The Labute approximate surface area is 548 Å². The zero-order valence-electron chi connectivity index (χ0n) is 61.9. The minimum Gasteiger partial charge on any atom is -0.444 e. The predicted molar refractivity (Wildman–Crippen MR) is 363 cm³/mol. The van der Waals surface area contributed by atoms with E-state index in [1.165, 1.54) is 12.8 Å². The largest absolute Gasteiger partial charge is 0.444 e. The molecule has 90 heavy (non-hydrogen) atoms. The van der Waals surface area contributed by atoms with Gasteiger partial charge in [-0.1, -0.05) is 83.1 Å². The van der Waals surface area contributed by atoms with E-state index < -0.39 is 16.7 Å². The standard InChI is InChI=1S/C13H26N2O2.C13H25NO2.C12H24N2O2.2C11H21NO2.C10H20N2O/c1-10(2)13(17-5)7-6-8-15(9-13)12(3,4)11(14)16;1-10(2)11-6-8-14(9-7-11)12(15)16-13(3,4)5;1-9(2)12(16)6-5-7-14(8-12)11(3,4)10(13)15;1-8(2)9-6-12(7-9)10(13)14-11(3,4)5;1-9(2)11(14-4)6-5-7-12(8-11)10(3)13;1-8(2)9-3-5-12(6-4-9)7-10(11)13/h10H,6-9H2,1-5H3,(H2,14,16);10-11H,6-9H2,1-5H3;9,16H,5-8H2,1-4H3,(H2,13,15);8-9H,6-7H2,1-5H3;9H,5-8H2,1-4H3;8-9H,3-7H2,1-2H3,(H2,11,13). The highest BCUT2D eigenvalue weighted by atomic mass is 16.6. The lowest BCUT2D eigenvalue weighted by Gasteiger charge is -2.49. The van der Waals surface area contributed by atoms with E-state index in [2.05, 4.69) is 79.0 Å². The number of carbonyl (C=O) groups excluding carboxylic acids is 6. The molecule has 6 saturated heterocycles. The normalized spacial score (nSPS) is 23.8. The lowest BCUT2D eigenvalue weighted by atomic mass is 9.80. The van der Waals surface area contributed by atoms with E-state index in [1.807, 2.05) is 97.8 Å². The Balaban J connectivity index is 0.000000541. The van der Waals surface area contributed by atoms with Crippen molar-refractivity contribution in [3.05, 3.63) is 0 Å². The van der Waals surface area contributed by atoms with Gasteiger partial charge in [-0.25, -0.2) is 9.59 Å². The number of β-amino-alcohol motifs (C(OH)–C–C–N with tert-alkyl or cyclic N) is 1. The van der Waals surface area contributed by atoms with Crippen molar-refractivity contribution in [2.45, 2.75) is 263 Å². The van der Waals surface area contributed by atoms with Gasteiger partial charge in [-0.3, -0.25) is 33.9 Å². The number of hydrogen-bond acceptors (Lipinski definition) is 14. The monoisotopic (exact) mass is 1280 g/mol. The van der Waals surface area contributed by atoms with E-state index in [0.29, 0.717) is 36.8 Å². The maximum Gasteiger partial charge on any atom is 0.410 e. The Morgan fingerprint density at radius 3 is 1.19 bits per heavy atom. The number of piperidine rings is 5. The molecule has 6 aliphatic heterocycles. The van der Waals surface area contributed by atoms with Gasteiger partial charge in [0.15, 0.2) is 0 Å². The van der Waals surface area contributed by atoms with Crippen LogP contribution in [-0.2, 0) is 38.1 Å². The molecule has 3 unspecified atom stereocenters. The summed E-state index contributed by atoms with van der Waals surface area (Å²) in [6.45, 7) is 57.2. The molecule has 6 fully saturated rings. The van der Waals surface area contributed by atoms with Crippen LogP contribution in [0.25, 0.3) is 0 Å². The minimum atomic E-state index is -0.690. The molecular weight excluding hydrogens is 1140 g/mol. The number of primary amides is 3. The van der Waals surface area contributed by atoms with E-state index in [1.54, 1.807) is 26.0 Å². The zero-order valence-corrected chi connectivity index (χ0v) is 61.9. The van der Waals surface area contributed by atoms with Gasteiger partial charge in [-0.15, -0.1) is 0 Å². The fourth-order valence-corrected chi connectivity index (χ4v) is 12.4. The summed E-state index contributed by atoms with van der Waals surface area (Å²) in [5, 5.41) is 10.5. The Morgan fingerprint density at radius 2 is 0.844 bits per heavy atom. The number of aliphatic hydroxyl groups is 1. The molecule has 0 aromatic heterocycles. The first kappa shape index (κ1) is 84.2. The highest BCUT2D eigenvalue weighted by Gasteiger charge is 2.46. The number of nitrogens with two attached hydrogens (primary N) is 3. The molecule has 7 N–H and O–H groups in total. The molecule has 0 spiro atoms. The molecule has 0 radical (unpaired) electrons. The highest BCUT2D eigenvalue weighted by Crippen LogP contribution is 2.36. The Morgan fingerprint density at radius 1 is 0.478 bits per heavy atom. The minimum absolute atomic E-state index is 0.121. The number of carbonyl (C=O) groups is 6. The van der Waals surface area contributed by atoms with Gasteiger partial charge in [0, 0.05) is 73.5 Å². The quantitative estimate of drug-likeness (QED) is 0.126. The van der Waals surface area contributed by atoms with Gasteiger partial charge in [-0.05, 0) is 213 Å². The smallest absolute Gasteiger partial charge is 0.410 e. The summed E-state index contributed by atoms with van der Waals surface area (Å²) in [6, 6.07) is 0. The molecule has 20 nitrogen and oxygen atoms in total. The van der Waals surface area contributed by atoms with Crippen molar-refractivity contribution >= 4 is 35.8 Å². The Hall–Kier alpha value is -3.82. The first-order valence-corrected chi connectivity index (χ1v) is 34.3. The molecular formula is C70H137N9O11. The van der Waals surface area contributed by atoms with Crippen LogP contribution in [0.3, 0.4) is 0 Å². The summed E-state index contributed by atoms with van der Waals surface area (Å²) in [5.41, 5.74) is 13.0. The molecule has 0 aromatic rings. The van der Waals surface area contributed by atoms with Gasteiger partial charge in [0.05, 0.1) is 34.4 Å². The zero-order chi connectivity index (χ0) is 69.7. The number of hydrogen-bond donors (Lipinski definition) is 4. The van der Waals surface area contributed by atoms with E-state index in [-0.39, 0.29) is 64.1 Å². The molecule has 6 aliphatic rings. The first-order chi connectivity index (χ1) is 41.2. The third-order valence-electron chi connectivity index (χ3n) is 20.3. The fourth-order valence-electron chi connectivity index (χ4n) is 12.4. The average molecular weight is 1280 g/mol. The van der Waals surface area contributed by atoms with Crippen LogP contribution in [0, 0.1) is 53.3 Å². The number of methoxy groups -OCH3 is 2. The second-order valence-electron chi connectivity index (χ2n) is 31.8. The van der Waals surface area contributed by atoms with E-state index >= 15 is 0 Å². The third kappa shape index (κ3) is 27.3. The maximum absolute atomic E-state index is 11.8. The van der Waals surface area contributed by atoms with Crippen LogP contribution in [-0.4, -0.2) is 209 Å². The first-order valence-electron chi connectivity index (χ1n) is 34.3. The van der Waals surface area contributed by atoms with Gasteiger partial charge in [0.25, 0.3) is 0 Å². The second kappa shape index (κ2) is 36.7. The van der Waals surface area contributed by atoms with Crippen LogP contribution >= 0.6 is 0 Å². The Bertz CT molecular complexity index is 2170. The highest BCUT2D eigenvalue weighted by molar-refractivity contribution is 5.84. The molecule has 0 bridgehead atoms. The lowest BCUT2D eigenvalue weighted by Crippen LogP contribution is -2.62. The van der Waals surface area contributed by atoms with Crippen LogP contribution in [0.4, 0.5) is 9.59 Å². The summed E-state index contributed by atoms with van der Waals surface area (Å²) in [7, 11) is 3.52. The summed E-state index contributed by atoms with van der Waals surface area (Å²) in [6.07, 6.45) is 10.2.